The predicted molar refractivity (Wildman–Crippen MR) is 84.8 cm³/mol. The maximum absolute atomic E-state index is 9.39. The molecule has 0 spiro atoms. The summed E-state index contributed by atoms with van der Waals surface area (Å²) in [6.07, 6.45) is 4.16. The molecule has 0 bridgehead atoms. The van der Waals surface area contributed by atoms with Crippen LogP contribution in [0.15, 0.2) is 24.3 Å². The first-order valence-electron chi connectivity index (χ1n) is 7.51. The Bertz CT molecular complexity index is 726. The maximum atomic E-state index is 9.39. The van der Waals surface area contributed by atoms with Crippen molar-refractivity contribution < 1.29 is 0 Å². The van der Waals surface area contributed by atoms with Crippen molar-refractivity contribution in [1.82, 2.24) is 4.98 Å². The van der Waals surface area contributed by atoms with Crippen LogP contribution in [-0.2, 0) is 19.3 Å². The third-order valence-electron chi connectivity index (χ3n) is 4.15. The standard InChI is InChI=1S/C18H19N3/c1-3-13-7-4-6-12(2)17(13)21-18-15(11-19)10-14-8-5-9-16(14)20-18/h4,6-7,10H,3,5,8-9H2,1-2H3,(H,20,21). The third-order valence-corrected chi connectivity index (χ3v) is 4.15. The van der Waals surface area contributed by atoms with Gasteiger partial charge < -0.3 is 5.32 Å². The van der Waals surface area contributed by atoms with E-state index in [9.17, 15) is 5.26 Å². The van der Waals surface area contributed by atoms with Crippen LogP contribution in [0.2, 0.25) is 0 Å². The van der Waals surface area contributed by atoms with E-state index in [0.717, 1.165) is 37.1 Å². The molecule has 1 aliphatic rings. The molecule has 1 aromatic carbocycles. The average molecular weight is 277 g/mol. The molecule has 0 amide bonds. The number of aromatic nitrogens is 1. The third kappa shape index (κ3) is 2.50. The van der Waals surface area contributed by atoms with Crippen molar-refractivity contribution in [2.75, 3.05) is 5.32 Å². The van der Waals surface area contributed by atoms with E-state index in [1.165, 1.54) is 16.7 Å². The molecule has 0 fully saturated rings. The van der Waals surface area contributed by atoms with Gasteiger partial charge in [-0.1, -0.05) is 25.1 Å². The summed E-state index contributed by atoms with van der Waals surface area (Å²) in [5.74, 6) is 0.696. The van der Waals surface area contributed by atoms with Gasteiger partial charge in [-0.3, -0.25) is 0 Å². The van der Waals surface area contributed by atoms with E-state index in [2.05, 4.69) is 43.4 Å². The Morgan fingerprint density at radius 3 is 2.95 bits per heavy atom. The van der Waals surface area contributed by atoms with E-state index in [1.807, 2.05) is 6.07 Å². The van der Waals surface area contributed by atoms with Crippen LogP contribution in [0.1, 0.15) is 41.3 Å². The number of aryl methyl sites for hydroxylation is 4. The molecule has 0 unspecified atom stereocenters. The normalized spacial score (nSPS) is 12.8. The number of benzene rings is 1. The van der Waals surface area contributed by atoms with E-state index in [-0.39, 0.29) is 0 Å². The van der Waals surface area contributed by atoms with Crippen LogP contribution in [0.3, 0.4) is 0 Å². The van der Waals surface area contributed by atoms with Gasteiger partial charge in [0.25, 0.3) is 0 Å². The van der Waals surface area contributed by atoms with Crippen molar-refractivity contribution in [2.24, 2.45) is 0 Å². The van der Waals surface area contributed by atoms with Gasteiger partial charge in [-0.05, 0) is 55.4 Å². The summed E-state index contributed by atoms with van der Waals surface area (Å²) in [5, 5.41) is 12.8. The molecule has 0 aliphatic heterocycles. The lowest BCUT2D eigenvalue weighted by atomic mass is 10.1. The molecule has 2 aromatic rings. The van der Waals surface area contributed by atoms with E-state index in [1.54, 1.807) is 0 Å². The topological polar surface area (TPSA) is 48.7 Å². The SMILES string of the molecule is CCc1cccc(C)c1Nc1nc2c(cc1C#N)CCC2. The molecule has 1 N–H and O–H groups in total. The second-order valence-corrected chi connectivity index (χ2v) is 5.54. The molecule has 1 aromatic heterocycles. The smallest absolute Gasteiger partial charge is 0.148 e. The van der Waals surface area contributed by atoms with Gasteiger partial charge in [0, 0.05) is 11.4 Å². The summed E-state index contributed by atoms with van der Waals surface area (Å²) >= 11 is 0. The largest absolute Gasteiger partial charge is 0.339 e. The van der Waals surface area contributed by atoms with Crippen LogP contribution in [0, 0.1) is 18.3 Å². The molecule has 106 valence electrons. The number of rotatable bonds is 3. The van der Waals surface area contributed by atoms with Crippen LogP contribution in [-0.4, -0.2) is 4.98 Å². The number of nitriles is 1. The van der Waals surface area contributed by atoms with Crippen molar-refractivity contribution in [1.29, 1.82) is 5.26 Å². The first kappa shape index (κ1) is 13.6. The quantitative estimate of drug-likeness (QED) is 0.920. The van der Waals surface area contributed by atoms with Gasteiger partial charge >= 0.3 is 0 Å². The fourth-order valence-electron chi connectivity index (χ4n) is 2.97. The summed E-state index contributed by atoms with van der Waals surface area (Å²) < 4.78 is 0. The Hall–Kier alpha value is -2.34. The highest BCUT2D eigenvalue weighted by atomic mass is 15.0. The average Bonchev–Trinajstić information content (AvgIpc) is 2.95. The summed E-state index contributed by atoms with van der Waals surface area (Å²) in [7, 11) is 0. The van der Waals surface area contributed by atoms with E-state index >= 15 is 0 Å². The van der Waals surface area contributed by atoms with Gasteiger partial charge in [0.05, 0.1) is 5.56 Å². The van der Waals surface area contributed by atoms with E-state index in [0.29, 0.717) is 11.4 Å². The monoisotopic (exact) mass is 277 g/mol. The Kier molecular flexibility index (Phi) is 3.62. The first-order valence-corrected chi connectivity index (χ1v) is 7.51. The van der Waals surface area contributed by atoms with Crippen LogP contribution < -0.4 is 5.32 Å². The highest BCUT2D eigenvalue weighted by Gasteiger charge is 2.17. The lowest BCUT2D eigenvalue weighted by molar-refractivity contribution is 0.900. The minimum Gasteiger partial charge on any atom is -0.339 e. The van der Waals surface area contributed by atoms with Crippen molar-refractivity contribution >= 4 is 11.5 Å². The van der Waals surface area contributed by atoms with Crippen molar-refractivity contribution in [2.45, 2.75) is 39.5 Å². The number of hydrogen-bond acceptors (Lipinski definition) is 3. The minimum atomic E-state index is 0.640. The number of nitrogens with zero attached hydrogens (tertiary/aromatic N) is 2. The maximum Gasteiger partial charge on any atom is 0.148 e. The van der Waals surface area contributed by atoms with Gasteiger partial charge in [-0.15, -0.1) is 0 Å². The second kappa shape index (κ2) is 5.57. The minimum absolute atomic E-state index is 0.640. The van der Waals surface area contributed by atoms with E-state index < -0.39 is 0 Å². The molecule has 0 saturated carbocycles. The Balaban J connectivity index is 2.05. The number of para-hydroxylation sites is 1. The number of nitrogens with one attached hydrogen (secondary N) is 1. The molecule has 1 aliphatic carbocycles. The highest BCUT2D eigenvalue weighted by Crippen LogP contribution is 2.29. The molecule has 1 heterocycles. The lowest BCUT2D eigenvalue weighted by Crippen LogP contribution is -2.04. The van der Waals surface area contributed by atoms with Crippen LogP contribution in [0.25, 0.3) is 0 Å². The first-order chi connectivity index (χ1) is 10.2. The number of fused-ring (bicyclic) bond motifs is 1. The van der Waals surface area contributed by atoms with Crippen LogP contribution in [0.5, 0.6) is 0 Å². The van der Waals surface area contributed by atoms with Gasteiger partial charge in [-0.2, -0.15) is 5.26 Å². The molecule has 0 radical (unpaired) electrons. The fraction of sp³-hybridized carbons (Fsp3) is 0.333. The summed E-state index contributed by atoms with van der Waals surface area (Å²) in [6, 6.07) is 10.6. The van der Waals surface area contributed by atoms with Crippen LogP contribution >= 0.6 is 0 Å². The molecular formula is C18H19N3. The molecule has 21 heavy (non-hydrogen) atoms. The fourth-order valence-corrected chi connectivity index (χ4v) is 2.97. The number of hydrogen-bond donors (Lipinski definition) is 1. The number of pyridine rings is 1. The Labute approximate surface area is 125 Å². The molecule has 0 atom stereocenters. The number of anilines is 2. The van der Waals surface area contributed by atoms with Crippen LogP contribution in [0.4, 0.5) is 11.5 Å². The van der Waals surface area contributed by atoms with Gasteiger partial charge in [0.15, 0.2) is 0 Å². The van der Waals surface area contributed by atoms with Crippen molar-refractivity contribution in [3.63, 3.8) is 0 Å². The highest BCUT2D eigenvalue weighted by molar-refractivity contribution is 5.69. The van der Waals surface area contributed by atoms with Crippen molar-refractivity contribution in [3.8, 4) is 6.07 Å². The zero-order chi connectivity index (χ0) is 14.8. The summed E-state index contributed by atoms with van der Waals surface area (Å²) in [4.78, 5) is 4.70. The Morgan fingerprint density at radius 1 is 1.33 bits per heavy atom. The lowest BCUT2D eigenvalue weighted by Gasteiger charge is -2.15. The molecular weight excluding hydrogens is 258 g/mol. The van der Waals surface area contributed by atoms with E-state index in [4.69, 9.17) is 4.98 Å². The molecule has 3 nitrogen and oxygen atoms in total. The second-order valence-electron chi connectivity index (χ2n) is 5.54. The van der Waals surface area contributed by atoms with Gasteiger partial charge in [-0.25, -0.2) is 4.98 Å². The zero-order valence-electron chi connectivity index (χ0n) is 12.5. The van der Waals surface area contributed by atoms with Gasteiger partial charge in [0.2, 0.25) is 0 Å². The van der Waals surface area contributed by atoms with Gasteiger partial charge in [0.1, 0.15) is 11.9 Å². The molecule has 0 saturated heterocycles. The summed E-state index contributed by atoms with van der Waals surface area (Å²) in [5.41, 5.74) is 6.53. The zero-order valence-corrected chi connectivity index (χ0v) is 12.5. The molecule has 3 heteroatoms. The molecule has 3 rings (SSSR count). The predicted octanol–water partition coefficient (Wildman–Crippen LogP) is 4.06. The summed E-state index contributed by atoms with van der Waals surface area (Å²) in [6.45, 7) is 4.22. The van der Waals surface area contributed by atoms with Crippen molar-refractivity contribution in [3.05, 3.63) is 52.2 Å². The Morgan fingerprint density at radius 2 is 2.19 bits per heavy atom.